The van der Waals surface area contributed by atoms with Gasteiger partial charge in [-0.2, -0.15) is 0 Å². The molecule has 0 fully saturated rings. The Morgan fingerprint density at radius 2 is 2.25 bits per heavy atom. The van der Waals surface area contributed by atoms with Crippen molar-refractivity contribution < 1.29 is 9.90 Å². The zero-order valence-electron chi connectivity index (χ0n) is 11.0. The van der Waals surface area contributed by atoms with Gasteiger partial charge in [-0.15, -0.1) is 11.3 Å². The van der Waals surface area contributed by atoms with Gasteiger partial charge in [0.15, 0.2) is 0 Å². The minimum absolute atomic E-state index is 0.271. The van der Waals surface area contributed by atoms with Crippen LogP contribution in [0.1, 0.15) is 27.7 Å². The quantitative estimate of drug-likeness (QED) is 0.799. The van der Waals surface area contributed by atoms with Crippen molar-refractivity contribution in [1.29, 1.82) is 0 Å². The number of thiophene rings is 1. The van der Waals surface area contributed by atoms with Gasteiger partial charge in [-0.25, -0.2) is 9.78 Å². The third-order valence-corrected chi connectivity index (χ3v) is 4.35. The summed E-state index contributed by atoms with van der Waals surface area (Å²) in [5.74, 6) is -0.923. The van der Waals surface area contributed by atoms with Crippen LogP contribution < -0.4 is 0 Å². The fraction of sp³-hybridized carbons (Fsp3) is 0.200. The molecule has 1 N–H and O–H groups in total. The molecule has 0 saturated carbocycles. The lowest BCUT2D eigenvalue weighted by Gasteiger charge is -2.05. The SMILES string of the molecule is CCc1ccsc1Cn1cnc2cc(C(=O)O)ccc21. The molecule has 0 saturated heterocycles. The molecule has 0 bridgehead atoms. The van der Waals surface area contributed by atoms with E-state index in [1.54, 1.807) is 29.8 Å². The number of rotatable bonds is 4. The van der Waals surface area contributed by atoms with Gasteiger partial charge in [-0.3, -0.25) is 0 Å². The smallest absolute Gasteiger partial charge is 0.335 e. The maximum atomic E-state index is 11.0. The fourth-order valence-corrected chi connectivity index (χ4v) is 3.27. The van der Waals surface area contributed by atoms with Crippen LogP contribution in [0.4, 0.5) is 0 Å². The Morgan fingerprint density at radius 3 is 3.00 bits per heavy atom. The summed E-state index contributed by atoms with van der Waals surface area (Å²) in [6.07, 6.45) is 2.80. The first-order chi connectivity index (χ1) is 9.69. The predicted octanol–water partition coefficient (Wildman–Crippen LogP) is 3.41. The lowest BCUT2D eigenvalue weighted by atomic mass is 10.2. The van der Waals surface area contributed by atoms with E-state index in [1.807, 2.05) is 6.07 Å². The van der Waals surface area contributed by atoms with Crippen molar-refractivity contribution in [2.75, 3.05) is 0 Å². The molecule has 2 heterocycles. The van der Waals surface area contributed by atoms with Gasteiger partial charge in [0.05, 0.1) is 29.5 Å². The van der Waals surface area contributed by atoms with E-state index < -0.39 is 5.97 Å². The van der Waals surface area contributed by atoms with Crippen LogP contribution in [0.5, 0.6) is 0 Å². The number of carboxylic acid groups (broad SMARTS) is 1. The Hall–Kier alpha value is -2.14. The molecule has 0 aliphatic heterocycles. The van der Waals surface area contributed by atoms with E-state index in [1.165, 1.54) is 10.4 Å². The second-order valence-electron chi connectivity index (χ2n) is 4.60. The summed E-state index contributed by atoms with van der Waals surface area (Å²) < 4.78 is 2.06. The number of aromatic carboxylic acids is 1. The Morgan fingerprint density at radius 1 is 1.40 bits per heavy atom. The summed E-state index contributed by atoms with van der Waals surface area (Å²) in [6.45, 7) is 2.93. The Labute approximate surface area is 120 Å². The van der Waals surface area contributed by atoms with Gasteiger partial charge in [0.1, 0.15) is 0 Å². The Balaban J connectivity index is 1.99. The Bertz CT molecular complexity index is 773. The van der Waals surface area contributed by atoms with E-state index >= 15 is 0 Å². The highest BCUT2D eigenvalue weighted by Gasteiger charge is 2.09. The summed E-state index contributed by atoms with van der Waals surface area (Å²) >= 11 is 1.75. The predicted molar refractivity (Wildman–Crippen MR) is 79.5 cm³/mol. The highest BCUT2D eigenvalue weighted by molar-refractivity contribution is 7.10. The lowest BCUT2D eigenvalue weighted by molar-refractivity contribution is 0.0697. The van der Waals surface area contributed by atoms with E-state index in [2.05, 4.69) is 27.9 Å². The summed E-state index contributed by atoms with van der Waals surface area (Å²) in [6, 6.07) is 7.22. The van der Waals surface area contributed by atoms with E-state index in [-0.39, 0.29) is 5.56 Å². The van der Waals surface area contributed by atoms with Crippen LogP contribution in [0.15, 0.2) is 36.0 Å². The zero-order chi connectivity index (χ0) is 14.1. The van der Waals surface area contributed by atoms with Gasteiger partial charge >= 0.3 is 5.97 Å². The Kier molecular flexibility index (Phi) is 3.28. The standard InChI is InChI=1S/C15H14N2O2S/c1-2-10-5-6-20-14(10)8-17-9-16-12-7-11(15(18)19)3-4-13(12)17/h3-7,9H,2,8H2,1H3,(H,18,19). The molecule has 3 rings (SSSR count). The van der Waals surface area contributed by atoms with Crippen molar-refractivity contribution in [2.45, 2.75) is 19.9 Å². The van der Waals surface area contributed by atoms with Crippen LogP contribution in [0, 0.1) is 0 Å². The molecule has 3 aromatic rings. The molecular formula is C15H14N2O2S. The minimum Gasteiger partial charge on any atom is -0.478 e. The monoisotopic (exact) mass is 286 g/mol. The van der Waals surface area contributed by atoms with Crippen LogP contribution >= 0.6 is 11.3 Å². The molecule has 0 aliphatic rings. The molecule has 2 aromatic heterocycles. The summed E-state index contributed by atoms with van der Waals surface area (Å²) in [7, 11) is 0. The van der Waals surface area contributed by atoms with Crippen molar-refractivity contribution in [3.63, 3.8) is 0 Å². The van der Waals surface area contributed by atoms with Crippen LogP contribution in [0.2, 0.25) is 0 Å². The summed E-state index contributed by atoms with van der Waals surface area (Å²) in [5, 5.41) is 11.1. The number of carbonyl (C=O) groups is 1. The number of aryl methyl sites for hydroxylation is 1. The van der Waals surface area contributed by atoms with Crippen molar-refractivity contribution >= 4 is 28.3 Å². The van der Waals surface area contributed by atoms with Gasteiger partial charge in [0.2, 0.25) is 0 Å². The third kappa shape index (κ3) is 2.20. The highest BCUT2D eigenvalue weighted by atomic mass is 32.1. The van der Waals surface area contributed by atoms with E-state index in [0.717, 1.165) is 24.0 Å². The van der Waals surface area contributed by atoms with E-state index in [4.69, 9.17) is 5.11 Å². The molecule has 0 amide bonds. The number of aromatic nitrogens is 2. The van der Waals surface area contributed by atoms with Gasteiger partial charge in [0.25, 0.3) is 0 Å². The number of fused-ring (bicyclic) bond motifs is 1. The molecule has 1 aromatic carbocycles. The molecule has 0 aliphatic carbocycles. The molecule has 5 heteroatoms. The first-order valence-electron chi connectivity index (χ1n) is 6.42. The molecule has 0 atom stereocenters. The molecule has 0 radical (unpaired) electrons. The second kappa shape index (κ2) is 5.09. The highest BCUT2D eigenvalue weighted by Crippen LogP contribution is 2.22. The van der Waals surface area contributed by atoms with Gasteiger partial charge < -0.3 is 9.67 Å². The number of hydrogen-bond donors (Lipinski definition) is 1. The lowest BCUT2D eigenvalue weighted by Crippen LogP contribution is -1.99. The zero-order valence-corrected chi connectivity index (χ0v) is 11.9. The first kappa shape index (κ1) is 12.9. The number of imidazole rings is 1. The summed E-state index contributed by atoms with van der Waals surface area (Å²) in [4.78, 5) is 16.6. The van der Waals surface area contributed by atoms with Crippen LogP contribution in [0.3, 0.4) is 0 Å². The van der Waals surface area contributed by atoms with Crippen LogP contribution in [0.25, 0.3) is 11.0 Å². The number of benzene rings is 1. The maximum Gasteiger partial charge on any atom is 0.335 e. The fourth-order valence-electron chi connectivity index (χ4n) is 2.30. The van der Waals surface area contributed by atoms with E-state index in [0.29, 0.717) is 0 Å². The molecule has 0 unspecified atom stereocenters. The summed E-state index contributed by atoms with van der Waals surface area (Å²) in [5.41, 5.74) is 3.32. The van der Waals surface area contributed by atoms with Crippen molar-refractivity contribution in [1.82, 2.24) is 9.55 Å². The molecule has 4 nitrogen and oxygen atoms in total. The van der Waals surface area contributed by atoms with Crippen molar-refractivity contribution in [3.05, 3.63) is 52.0 Å². The van der Waals surface area contributed by atoms with Crippen molar-refractivity contribution in [2.24, 2.45) is 0 Å². The topological polar surface area (TPSA) is 55.1 Å². The van der Waals surface area contributed by atoms with E-state index in [9.17, 15) is 4.79 Å². The number of carboxylic acids is 1. The van der Waals surface area contributed by atoms with Crippen LogP contribution in [-0.4, -0.2) is 20.6 Å². The van der Waals surface area contributed by atoms with Gasteiger partial charge in [0, 0.05) is 4.88 Å². The molecule has 20 heavy (non-hydrogen) atoms. The van der Waals surface area contributed by atoms with Crippen molar-refractivity contribution in [3.8, 4) is 0 Å². The van der Waals surface area contributed by atoms with Gasteiger partial charge in [-0.1, -0.05) is 6.92 Å². The second-order valence-corrected chi connectivity index (χ2v) is 5.60. The largest absolute Gasteiger partial charge is 0.478 e. The molecular weight excluding hydrogens is 272 g/mol. The number of hydrogen-bond acceptors (Lipinski definition) is 3. The minimum atomic E-state index is -0.923. The first-order valence-corrected chi connectivity index (χ1v) is 7.30. The average Bonchev–Trinajstić information content (AvgIpc) is 3.05. The third-order valence-electron chi connectivity index (χ3n) is 3.40. The normalized spacial score (nSPS) is 11.1. The molecule has 0 spiro atoms. The molecule has 102 valence electrons. The average molecular weight is 286 g/mol. The van der Waals surface area contributed by atoms with Gasteiger partial charge in [-0.05, 0) is 41.6 Å². The number of nitrogens with zero attached hydrogens (tertiary/aromatic N) is 2. The van der Waals surface area contributed by atoms with Crippen LogP contribution in [-0.2, 0) is 13.0 Å². The maximum absolute atomic E-state index is 11.0.